The highest BCUT2D eigenvalue weighted by molar-refractivity contribution is 6.11. The molecular weight excluding hydrogens is 470 g/mol. The van der Waals surface area contributed by atoms with Crippen LogP contribution in [-0.4, -0.2) is 47.5 Å². The highest BCUT2D eigenvalue weighted by Crippen LogP contribution is 2.57. The Balaban J connectivity index is 1.34. The van der Waals surface area contributed by atoms with Gasteiger partial charge in [0.2, 0.25) is 11.8 Å². The molecule has 3 heterocycles. The minimum Gasteiger partial charge on any atom is -0.489 e. The van der Waals surface area contributed by atoms with Crippen LogP contribution in [0, 0.1) is 5.92 Å². The van der Waals surface area contributed by atoms with Crippen molar-refractivity contribution in [3.05, 3.63) is 95.6 Å². The Morgan fingerprint density at radius 2 is 1.68 bits per heavy atom. The summed E-state index contributed by atoms with van der Waals surface area (Å²) in [6.07, 6.45) is -0.948. The second-order valence-electron chi connectivity index (χ2n) is 9.68. The zero-order valence-electron chi connectivity index (χ0n) is 20.4. The first-order valence-corrected chi connectivity index (χ1v) is 12.3. The summed E-state index contributed by atoms with van der Waals surface area (Å²) in [6, 6.07) is 25.2. The zero-order valence-corrected chi connectivity index (χ0v) is 20.4. The number of carbonyl (C=O) groups is 3. The van der Waals surface area contributed by atoms with E-state index in [9.17, 15) is 14.4 Å². The Hall–Kier alpha value is -4.33. The smallest absolute Gasteiger partial charge is 0.418 e. The van der Waals surface area contributed by atoms with E-state index in [0.29, 0.717) is 31.9 Å². The Morgan fingerprint density at radius 3 is 2.38 bits per heavy atom. The van der Waals surface area contributed by atoms with Crippen LogP contribution in [0.5, 0.6) is 5.75 Å². The summed E-state index contributed by atoms with van der Waals surface area (Å²) in [4.78, 5) is 43.0. The minimum atomic E-state index is -1.01. The van der Waals surface area contributed by atoms with Gasteiger partial charge in [0.25, 0.3) is 0 Å². The molecule has 3 aliphatic rings. The predicted molar refractivity (Wildman–Crippen MR) is 136 cm³/mol. The lowest BCUT2D eigenvalue weighted by molar-refractivity contribution is -0.147. The van der Waals surface area contributed by atoms with Crippen LogP contribution in [0.2, 0.25) is 0 Å². The average Bonchev–Trinajstić information content (AvgIpc) is 3.36. The largest absolute Gasteiger partial charge is 0.489 e. The van der Waals surface area contributed by atoms with Gasteiger partial charge < -0.3 is 19.7 Å². The first kappa shape index (κ1) is 23.1. The van der Waals surface area contributed by atoms with Crippen LogP contribution < -0.4 is 10.1 Å². The van der Waals surface area contributed by atoms with Gasteiger partial charge >= 0.3 is 6.09 Å². The first-order chi connectivity index (χ1) is 18.0. The Kier molecular flexibility index (Phi) is 5.59. The third kappa shape index (κ3) is 3.63. The standard InChI is InChI=1S/C29H27N3O5/c1-36-28(35)32-26(34)24-25(33)31(17-19-8-4-2-5-9-19)15-14-29(24)22-13-12-21(16-23(22)30-27(29)32)37-18-20-10-6-3-7-11-20/h2-13,16,24,27,30H,14-15,17-18H2,1H3/t24-,27-,29+/m0/s1. The number of imide groups is 1. The van der Waals surface area contributed by atoms with Crippen molar-refractivity contribution >= 4 is 23.6 Å². The number of amides is 3. The SMILES string of the molecule is COC(=O)N1C(=O)[C@@H]2C(=O)N(Cc3ccccc3)CC[C@@]23c2ccc(OCc4ccccc4)cc2N[C@@H]13. The van der Waals surface area contributed by atoms with Crippen LogP contribution in [0.25, 0.3) is 0 Å². The lowest BCUT2D eigenvalue weighted by atomic mass is 9.67. The van der Waals surface area contributed by atoms with E-state index < -0.39 is 29.5 Å². The molecule has 3 amide bonds. The molecule has 1 spiro atoms. The Bertz CT molecular complexity index is 1360. The van der Waals surface area contributed by atoms with E-state index in [1.807, 2.05) is 78.9 Å². The summed E-state index contributed by atoms with van der Waals surface area (Å²) < 4.78 is 11.0. The van der Waals surface area contributed by atoms with Gasteiger partial charge in [-0.25, -0.2) is 9.69 Å². The number of carbonyl (C=O) groups excluding carboxylic acids is 3. The number of nitrogens with one attached hydrogen (secondary N) is 1. The van der Waals surface area contributed by atoms with Crippen molar-refractivity contribution in [1.82, 2.24) is 9.80 Å². The second-order valence-corrected chi connectivity index (χ2v) is 9.68. The van der Waals surface area contributed by atoms with Crippen LogP contribution in [0.3, 0.4) is 0 Å². The fourth-order valence-corrected chi connectivity index (χ4v) is 6.01. The van der Waals surface area contributed by atoms with Crippen molar-refractivity contribution in [1.29, 1.82) is 0 Å². The highest BCUT2D eigenvalue weighted by atomic mass is 16.5. The van der Waals surface area contributed by atoms with Gasteiger partial charge in [-0.1, -0.05) is 66.7 Å². The number of likely N-dealkylation sites (tertiary alicyclic amines) is 2. The summed E-state index contributed by atoms with van der Waals surface area (Å²) in [5.41, 5.74) is 2.77. The molecule has 2 saturated heterocycles. The van der Waals surface area contributed by atoms with E-state index in [2.05, 4.69) is 5.32 Å². The summed E-state index contributed by atoms with van der Waals surface area (Å²) in [6.45, 7) is 1.29. The molecule has 0 saturated carbocycles. The number of methoxy groups -OCH3 is 1. The number of fused-ring (bicyclic) bond motifs is 1. The van der Waals surface area contributed by atoms with Gasteiger partial charge in [-0.05, 0) is 29.2 Å². The van der Waals surface area contributed by atoms with E-state index in [4.69, 9.17) is 9.47 Å². The number of rotatable bonds is 5. The summed E-state index contributed by atoms with van der Waals surface area (Å²) in [5.74, 6) is -1.15. The van der Waals surface area contributed by atoms with Gasteiger partial charge in [-0.2, -0.15) is 0 Å². The number of benzene rings is 3. The molecule has 37 heavy (non-hydrogen) atoms. The van der Waals surface area contributed by atoms with Crippen molar-refractivity contribution in [3.8, 4) is 5.75 Å². The highest BCUT2D eigenvalue weighted by Gasteiger charge is 2.69. The lowest BCUT2D eigenvalue weighted by Gasteiger charge is -2.41. The first-order valence-electron chi connectivity index (χ1n) is 12.3. The van der Waals surface area contributed by atoms with Crippen LogP contribution in [0.15, 0.2) is 78.9 Å². The van der Waals surface area contributed by atoms with Gasteiger partial charge in [0.15, 0.2) is 0 Å². The second kappa shape index (κ2) is 8.96. The molecule has 0 bridgehead atoms. The molecule has 8 nitrogen and oxygen atoms in total. The monoisotopic (exact) mass is 497 g/mol. The van der Waals surface area contributed by atoms with Crippen LogP contribution in [0.4, 0.5) is 10.5 Å². The number of piperidine rings is 1. The maximum Gasteiger partial charge on any atom is 0.418 e. The molecule has 0 aliphatic carbocycles. The van der Waals surface area contributed by atoms with Gasteiger partial charge in [-0.3, -0.25) is 9.59 Å². The molecule has 1 N–H and O–H groups in total. The maximum absolute atomic E-state index is 13.8. The molecule has 0 aromatic heterocycles. The van der Waals surface area contributed by atoms with Crippen LogP contribution in [-0.2, 0) is 32.9 Å². The minimum absolute atomic E-state index is 0.268. The summed E-state index contributed by atoms with van der Waals surface area (Å²) in [7, 11) is 1.24. The fourth-order valence-electron chi connectivity index (χ4n) is 6.01. The van der Waals surface area contributed by atoms with Crippen LogP contribution >= 0.6 is 0 Å². The number of hydrogen-bond acceptors (Lipinski definition) is 6. The topological polar surface area (TPSA) is 88.2 Å². The van der Waals surface area contributed by atoms with E-state index in [1.54, 1.807) is 4.90 Å². The average molecular weight is 498 g/mol. The van der Waals surface area contributed by atoms with Crippen molar-refractivity contribution in [2.45, 2.75) is 31.2 Å². The van der Waals surface area contributed by atoms with Gasteiger partial charge in [0.1, 0.15) is 24.4 Å². The Labute approximate surface area is 214 Å². The molecule has 3 aromatic rings. The molecule has 188 valence electrons. The van der Waals surface area contributed by atoms with Gasteiger partial charge in [0, 0.05) is 24.8 Å². The third-order valence-corrected chi connectivity index (χ3v) is 7.72. The van der Waals surface area contributed by atoms with E-state index in [-0.39, 0.29) is 5.91 Å². The predicted octanol–water partition coefficient (Wildman–Crippen LogP) is 3.91. The van der Waals surface area contributed by atoms with E-state index in [0.717, 1.165) is 27.3 Å². The normalized spacial score (nSPS) is 23.7. The lowest BCUT2D eigenvalue weighted by Crippen LogP contribution is -2.55. The fraction of sp³-hybridized carbons (Fsp3) is 0.276. The number of ether oxygens (including phenoxy) is 2. The van der Waals surface area contributed by atoms with Crippen molar-refractivity contribution in [3.63, 3.8) is 0 Å². The molecule has 0 radical (unpaired) electrons. The van der Waals surface area contributed by atoms with Crippen molar-refractivity contribution in [2.75, 3.05) is 19.0 Å². The van der Waals surface area contributed by atoms with E-state index >= 15 is 0 Å². The Morgan fingerprint density at radius 1 is 0.973 bits per heavy atom. The molecule has 3 aliphatic heterocycles. The quantitative estimate of drug-likeness (QED) is 0.538. The summed E-state index contributed by atoms with van der Waals surface area (Å²) >= 11 is 0. The van der Waals surface area contributed by atoms with Crippen molar-refractivity contribution < 1.29 is 23.9 Å². The van der Waals surface area contributed by atoms with Crippen molar-refractivity contribution in [2.24, 2.45) is 5.92 Å². The number of anilines is 1. The number of nitrogens with zero attached hydrogens (tertiary/aromatic N) is 2. The molecule has 2 fully saturated rings. The van der Waals surface area contributed by atoms with E-state index in [1.165, 1.54) is 7.11 Å². The van der Waals surface area contributed by atoms with Gasteiger partial charge in [0.05, 0.1) is 12.5 Å². The molecule has 8 heteroatoms. The van der Waals surface area contributed by atoms with Gasteiger partial charge in [-0.15, -0.1) is 0 Å². The molecular formula is C29H27N3O5. The third-order valence-electron chi connectivity index (χ3n) is 7.72. The van der Waals surface area contributed by atoms with Crippen LogP contribution in [0.1, 0.15) is 23.1 Å². The number of hydrogen-bond donors (Lipinski definition) is 1. The molecule has 3 atom stereocenters. The molecule has 3 aromatic carbocycles. The molecule has 0 unspecified atom stereocenters. The summed E-state index contributed by atoms with van der Waals surface area (Å²) in [5, 5.41) is 3.36. The zero-order chi connectivity index (χ0) is 25.6. The molecule has 6 rings (SSSR count). The maximum atomic E-state index is 13.8.